The minimum absolute atomic E-state index is 0.273. The van der Waals surface area contributed by atoms with Gasteiger partial charge in [0.05, 0.1) is 0 Å². The minimum Gasteiger partial charge on any atom is -0.307 e. The van der Waals surface area contributed by atoms with Crippen LogP contribution in [0, 0.1) is 13.8 Å². The van der Waals surface area contributed by atoms with Crippen LogP contribution in [0.2, 0.25) is 0 Å². The Labute approximate surface area is 100 Å². The largest absolute Gasteiger partial charge is 0.307 e. The first-order chi connectivity index (χ1) is 7.52. The van der Waals surface area contributed by atoms with Crippen LogP contribution in [0.3, 0.4) is 0 Å². The summed E-state index contributed by atoms with van der Waals surface area (Å²) in [5, 5.41) is 3.69. The molecule has 0 fully saturated rings. The van der Waals surface area contributed by atoms with E-state index in [1.54, 1.807) is 0 Å². The molecule has 0 aliphatic carbocycles. The molecule has 0 saturated carbocycles. The molecular formula is C15H25N. The second kappa shape index (κ2) is 5.49. The topological polar surface area (TPSA) is 12.0 Å². The van der Waals surface area contributed by atoms with Crippen molar-refractivity contribution in [3.63, 3.8) is 0 Å². The van der Waals surface area contributed by atoms with Gasteiger partial charge in [0.15, 0.2) is 0 Å². The summed E-state index contributed by atoms with van der Waals surface area (Å²) in [5.41, 5.74) is 4.51. The highest BCUT2D eigenvalue weighted by atomic mass is 15.0. The lowest BCUT2D eigenvalue weighted by Gasteiger charge is -2.29. The summed E-state index contributed by atoms with van der Waals surface area (Å²) in [6.07, 6.45) is 2.35. The molecule has 0 bridgehead atoms. The third-order valence-electron chi connectivity index (χ3n) is 3.90. The van der Waals surface area contributed by atoms with E-state index in [0.717, 1.165) is 6.54 Å². The van der Waals surface area contributed by atoms with Crippen molar-refractivity contribution < 1.29 is 0 Å². The fourth-order valence-electron chi connectivity index (χ4n) is 1.93. The molecule has 0 heterocycles. The number of aryl methyl sites for hydroxylation is 2. The summed E-state index contributed by atoms with van der Waals surface area (Å²) >= 11 is 0. The molecular weight excluding hydrogens is 194 g/mol. The van der Waals surface area contributed by atoms with Crippen LogP contribution in [0.25, 0.3) is 0 Å². The molecule has 1 rings (SSSR count). The highest BCUT2D eigenvalue weighted by Crippen LogP contribution is 2.18. The molecule has 1 aromatic rings. The van der Waals surface area contributed by atoms with E-state index in [1.165, 1.54) is 29.5 Å². The first-order valence-electron chi connectivity index (χ1n) is 6.32. The molecule has 0 aliphatic rings. The fraction of sp³-hybridized carbons (Fsp3) is 0.600. The molecule has 0 amide bonds. The van der Waals surface area contributed by atoms with E-state index in [4.69, 9.17) is 0 Å². The van der Waals surface area contributed by atoms with Gasteiger partial charge in [0.25, 0.3) is 0 Å². The Bertz CT molecular complexity index is 317. The highest BCUT2D eigenvalue weighted by molar-refractivity contribution is 5.33. The number of rotatable bonds is 5. The Morgan fingerprint density at radius 2 is 1.56 bits per heavy atom. The summed E-state index contributed by atoms with van der Waals surface area (Å²) in [6, 6.07) is 6.52. The SMILES string of the molecule is CCC(C)(CC)NCc1c(C)cccc1C. The average Bonchev–Trinajstić information content (AvgIpc) is 2.28. The van der Waals surface area contributed by atoms with Gasteiger partial charge in [-0.2, -0.15) is 0 Å². The van der Waals surface area contributed by atoms with Crippen molar-refractivity contribution in [2.75, 3.05) is 0 Å². The Balaban J connectivity index is 2.75. The maximum Gasteiger partial charge on any atom is 0.0215 e. The zero-order valence-electron chi connectivity index (χ0n) is 11.4. The van der Waals surface area contributed by atoms with Gasteiger partial charge in [0.2, 0.25) is 0 Å². The average molecular weight is 219 g/mol. The third kappa shape index (κ3) is 3.08. The van der Waals surface area contributed by atoms with E-state index >= 15 is 0 Å². The molecule has 0 spiro atoms. The van der Waals surface area contributed by atoms with Crippen molar-refractivity contribution in [1.82, 2.24) is 5.32 Å². The molecule has 0 saturated heterocycles. The third-order valence-corrected chi connectivity index (χ3v) is 3.90. The predicted molar refractivity (Wildman–Crippen MR) is 71.7 cm³/mol. The Kier molecular flexibility index (Phi) is 4.55. The number of hydrogen-bond acceptors (Lipinski definition) is 1. The molecule has 1 N–H and O–H groups in total. The number of hydrogen-bond donors (Lipinski definition) is 1. The normalized spacial score (nSPS) is 11.8. The minimum atomic E-state index is 0.273. The van der Waals surface area contributed by atoms with E-state index in [9.17, 15) is 0 Å². The van der Waals surface area contributed by atoms with Gasteiger partial charge >= 0.3 is 0 Å². The fourth-order valence-corrected chi connectivity index (χ4v) is 1.93. The molecule has 1 nitrogen and oxygen atoms in total. The van der Waals surface area contributed by atoms with Crippen LogP contribution in [0.4, 0.5) is 0 Å². The van der Waals surface area contributed by atoms with Crippen molar-refractivity contribution in [1.29, 1.82) is 0 Å². The summed E-state index contributed by atoms with van der Waals surface area (Å²) in [6.45, 7) is 12.2. The monoisotopic (exact) mass is 219 g/mol. The predicted octanol–water partition coefficient (Wildman–Crippen LogP) is 3.97. The van der Waals surface area contributed by atoms with Crippen LogP contribution in [0.5, 0.6) is 0 Å². The van der Waals surface area contributed by atoms with Gasteiger partial charge in [0.1, 0.15) is 0 Å². The van der Waals surface area contributed by atoms with E-state index in [0.29, 0.717) is 0 Å². The smallest absolute Gasteiger partial charge is 0.0215 e. The van der Waals surface area contributed by atoms with Gasteiger partial charge in [-0.25, -0.2) is 0 Å². The Morgan fingerprint density at radius 3 is 2.00 bits per heavy atom. The van der Waals surface area contributed by atoms with Crippen molar-refractivity contribution in [2.24, 2.45) is 0 Å². The lowest BCUT2D eigenvalue weighted by Crippen LogP contribution is -2.40. The first kappa shape index (κ1) is 13.2. The zero-order valence-corrected chi connectivity index (χ0v) is 11.4. The molecule has 0 atom stereocenters. The van der Waals surface area contributed by atoms with Gasteiger partial charge < -0.3 is 5.32 Å². The lowest BCUT2D eigenvalue weighted by molar-refractivity contribution is 0.329. The van der Waals surface area contributed by atoms with Crippen LogP contribution in [0.15, 0.2) is 18.2 Å². The molecule has 1 aromatic carbocycles. The maximum atomic E-state index is 3.69. The maximum absolute atomic E-state index is 3.69. The van der Waals surface area contributed by atoms with E-state index in [1.807, 2.05) is 0 Å². The van der Waals surface area contributed by atoms with E-state index in [-0.39, 0.29) is 5.54 Å². The van der Waals surface area contributed by atoms with E-state index < -0.39 is 0 Å². The van der Waals surface area contributed by atoms with Crippen LogP contribution in [-0.4, -0.2) is 5.54 Å². The summed E-state index contributed by atoms with van der Waals surface area (Å²) in [7, 11) is 0. The quantitative estimate of drug-likeness (QED) is 0.790. The van der Waals surface area contributed by atoms with Gasteiger partial charge in [-0.1, -0.05) is 32.0 Å². The standard InChI is InChI=1S/C15H25N/c1-6-15(5,7-2)16-11-14-12(3)9-8-10-13(14)4/h8-10,16H,6-7,11H2,1-5H3. The second-order valence-electron chi connectivity index (χ2n) is 4.99. The summed E-state index contributed by atoms with van der Waals surface area (Å²) < 4.78 is 0. The van der Waals surface area contributed by atoms with Crippen molar-refractivity contribution >= 4 is 0 Å². The lowest BCUT2D eigenvalue weighted by atomic mass is 9.94. The van der Waals surface area contributed by atoms with Crippen LogP contribution in [0.1, 0.15) is 50.3 Å². The van der Waals surface area contributed by atoms with Gasteiger partial charge in [-0.05, 0) is 50.3 Å². The molecule has 1 heteroatoms. The Hall–Kier alpha value is -0.820. The van der Waals surface area contributed by atoms with Gasteiger partial charge in [-0.3, -0.25) is 0 Å². The van der Waals surface area contributed by atoms with Crippen molar-refractivity contribution in [3.8, 4) is 0 Å². The number of benzene rings is 1. The molecule has 0 radical (unpaired) electrons. The van der Waals surface area contributed by atoms with Crippen molar-refractivity contribution in [2.45, 2.75) is 59.5 Å². The first-order valence-corrected chi connectivity index (χ1v) is 6.32. The second-order valence-corrected chi connectivity index (χ2v) is 4.99. The number of nitrogens with one attached hydrogen (secondary N) is 1. The molecule has 90 valence electrons. The van der Waals surface area contributed by atoms with Crippen molar-refractivity contribution in [3.05, 3.63) is 34.9 Å². The highest BCUT2D eigenvalue weighted by Gasteiger charge is 2.18. The molecule has 0 aromatic heterocycles. The van der Waals surface area contributed by atoms with Gasteiger partial charge in [-0.15, -0.1) is 0 Å². The van der Waals surface area contributed by atoms with Crippen LogP contribution >= 0.6 is 0 Å². The molecule has 0 aliphatic heterocycles. The Morgan fingerprint density at radius 1 is 1.06 bits per heavy atom. The summed E-state index contributed by atoms with van der Waals surface area (Å²) in [5.74, 6) is 0. The zero-order chi connectivity index (χ0) is 12.2. The summed E-state index contributed by atoms with van der Waals surface area (Å²) in [4.78, 5) is 0. The van der Waals surface area contributed by atoms with Gasteiger partial charge in [0, 0.05) is 12.1 Å². The van der Waals surface area contributed by atoms with Crippen LogP contribution in [-0.2, 0) is 6.54 Å². The van der Waals surface area contributed by atoms with E-state index in [2.05, 4.69) is 58.1 Å². The molecule has 0 unspecified atom stereocenters. The van der Waals surface area contributed by atoms with Crippen LogP contribution < -0.4 is 5.32 Å². The molecule has 16 heavy (non-hydrogen) atoms.